The van der Waals surface area contributed by atoms with Crippen LogP contribution in [0.25, 0.3) is 0 Å². The summed E-state index contributed by atoms with van der Waals surface area (Å²) in [5.41, 5.74) is 3.76. The number of carbonyl (C=O) groups is 2. The number of hydrogen-bond donors (Lipinski definition) is 2. The molecule has 0 radical (unpaired) electrons. The highest BCUT2D eigenvalue weighted by atomic mass is 19.1. The first kappa shape index (κ1) is 14.4. The lowest BCUT2D eigenvalue weighted by molar-refractivity contribution is -0.385. The molecule has 0 spiro atoms. The molecule has 0 unspecified atom stereocenters. The maximum Gasteiger partial charge on any atom is 0.404 e. The first-order valence-corrected chi connectivity index (χ1v) is 5.06. The zero-order chi connectivity index (χ0) is 14.4. The van der Waals surface area contributed by atoms with Crippen LogP contribution < -0.4 is 11.1 Å². The Hall–Kier alpha value is -2.71. The number of rotatable bonds is 5. The van der Waals surface area contributed by atoms with Crippen molar-refractivity contribution in [3.8, 4) is 0 Å². The summed E-state index contributed by atoms with van der Waals surface area (Å²) in [5.74, 6) is -1.62. The quantitative estimate of drug-likeness (QED) is 0.460. The maximum atomic E-state index is 13.0. The molecule has 0 saturated heterocycles. The summed E-state index contributed by atoms with van der Waals surface area (Å²) in [4.78, 5) is 31.7. The van der Waals surface area contributed by atoms with Gasteiger partial charge in [0.25, 0.3) is 11.6 Å². The summed E-state index contributed by atoms with van der Waals surface area (Å²) in [6.07, 6.45) is -1.01. The molecule has 0 aliphatic carbocycles. The molecule has 0 aliphatic rings. The number of amides is 2. The van der Waals surface area contributed by atoms with E-state index in [4.69, 9.17) is 5.73 Å². The molecule has 8 nitrogen and oxygen atoms in total. The highest BCUT2D eigenvalue weighted by molar-refractivity contribution is 5.98. The van der Waals surface area contributed by atoms with E-state index in [0.717, 1.165) is 18.2 Å². The Bertz CT molecular complexity index is 520. The third kappa shape index (κ3) is 4.22. The van der Waals surface area contributed by atoms with Gasteiger partial charge in [0.05, 0.1) is 11.5 Å². The van der Waals surface area contributed by atoms with Gasteiger partial charge in [-0.2, -0.15) is 0 Å². The van der Waals surface area contributed by atoms with E-state index >= 15 is 0 Å². The second kappa shape index (κ2) is 6.28. The van der Waals surface area contributed by atoms with Gasteiger partial charge in [-0.1, -0.05) is 0 Å². The Morgan fingerprint density at radius 2 is 2.16 bits per heavy atom. The summed E-state index contributed by atoms with van der Waals surface area (Å²) < 4.78 is 17.3. The average molecular weight is 271 g/mol. The van der Waals surface area contributed by atoms with Crippen molar-refractivity contribution in [3.05, 3.63) is 39.7 Å². The van der Waals surface area contributed by atoms with Crippen LogP contribution in [0.1, 0.15) is 10.4 Å². The zero-order valence-electron chi connectivity index (χ0n) is 9.59. The number of carbonyl (C=O) groups excluding carboxylic acids is 2. The Labute approximate surface area is 106 Å². The van der Waals surface area contributed by atoms with Crippen molar-refractivity contribution >= 4 is 17.7 Å². The van der Waals surface area contributed by atoms with Crippen LogP contribution in [0.3, 0.4) is 0 Å². The van der Waals surface area contributed by atoms with Gasteiger partial charge in [-0.15, -0.1) is 0 Å². The summed E-state index contributed by atoms with van der Waals surface area (Å²) >= 11 is 0. The van der Waals surface area contributed by atoms with E-state index in [2.05, 4.69) is 10.1 Å². The van der Waals surface area contributed by atoms with Crippen LogP contribution in [0, 0.1) is 15.9 Å². The second-order valence-electron chi connectivity index (χ2n) is 3.34. The minimum absolute atomic E-state index is 0.102. The summed E-state index contributed by atoms with van der Waals surface area (Å²) in [6.45, 7) is -0.292. The van der Waals surface area contributed by atoms with Crippen LogP contribution in [0.4, 0.5) is 14.9 Å². The maximum absolute atomic E-state index is 13.0. The number of primary amides is 1. The van der Waals surface area contributed by atoms with Crippen LogP contribution in [-0.2, 0) is 4.74 Å². The predicted molar refractivity (Wildman–Crippen MR) is 60.9 cm³/mol. The van der Waals surface area contributed by atoms with Crippen molar-refractivity contribution in [1.29, 1.82) is 0 Å². The van der Waals surface area contributed by atoms with Crippen molar-refractivity contribution in [2.24, 2.45) is 5.73 Å². The van der Waals surface area contributed by atoms with Crippen molar-refractivity contribution in [2.75, 3.05) is 13.2 Å². The molecule has 0 aromatic heterocycles. The third-order valence-corrected chi connectivity index (χ3v) is 2.03. The van der Waals surface area contributed by atoms with Gasteiger partial charge >= 0.3 is 6.09 Å². The van der Waals surface area contributed by atoms with E-state index in [9.17, 15) is 24.1 Å². The first-order valence-electron chi connectivity index (χ1n) is 5.06. The van der Waals surface area contributed by atoms with Crippen molar-refractivity contribution in [1.82, 2.24) is 5.32 Å². The summed E-state index contributed by atoms with van der Waals surface area (Å²) in [5, 5.41) is 12.9. The third-order valence-electron chi connectivity index (χ3n) is 2.03. The number of benzene rings is 1. The Balaban J connectivity index is 2.73. The van der Waals surface area contributed by atoms with Crippen LogP contribution in [0.5, 0.6) is 0 Å². The van der Waals surface area contributed by atoms with Crippen LogP contribution in [0.2, 0.25) is 0 Å². The highest BCUT2D eigenvalue weighted by Gasteiger charge is 2.20. The first-order chi connectivity index (χ1) is 8.91. The number of nitrogens with two attached hydrogens (primary N) is 1. The molecule has 9 heteroatoms. The summed E-state index contributed by atoms with van der Waals surface area (Å²) in [6, 6.07) is 2.53. The lowest BCUT2D eigenvalue weighted by Crippen LogP contribution is -2.29. The number of halogens is 1. The molecule has 19 heavy (non-hydrogen) atoms. The standard InChI is InChI=1S/C10H10FN3O5/c11-6-1-2-8(14(17)18)7(5-6)9(15)13-3-4-19-10(12)16/h1-2,5H,3-4H2,(H2,12,16)(H,13,15). The number of ether oxygens (including phenoxy) is 1. The molecule has 102 valence electrons. The van der Waals surface area contributed by atoms with E-state index in [1.165, 1.54) is 0 Å². The predicted octanol–water partition coefficient (Wildman–Crippen LogP) is 0.559. The van der Waals surface area contributed by atoms with Crippen molar-refractivity contribution in [2.45, 2.75) is 0 Å². The molecule has 0 saturated carbocycles. The molecule has 0 aliphatic heterocycles. The molecule has 1 aromatic rings. The fraction of sp³-hybridized carbons (Fsp3) is 0.200. The van der Waals surface area contributed by atoms with Crippen molar-refractivity contribution in [3.63, 3.8) is 0 Å². The lowest BCUT2D eigenvalue weighted by Gasteiger charge is -2.06. The highest BCUT2D eigenvalue weighted by Crippen LogP contribution is 2.19. The van der Waals surface area contributed by atoms with Gasteiger partial charge in [0.2, 0.25) is 0 Å². The second-order valence-corrected chi connectivity index (χ2v) is 3.34. The SMILES string of the molecule is NC(=O)OCCNC(=O)c1cc(F)ccc1[N+](=O)[O-]. The van der Waals surface area contributed by atoms with Gasteiger partial charge in [-0.25, -0.2) is 9.18 Å². The van der Waals surface area contributed by atoms with Gasteiger partial charge in [0.1, 0.15) is 18.0 Å². The largest absolute Gasteiger partial charge is 0.448 e. The molecule has 0 bridgehead atoms. The monoisotopic (exact) mass is 271 g/mol. The molecular weight excluding hydrogens is 261 g/mol. The van der Waals surface area contributed by atoms with Gasteiger partial charge < -0.3 is 15.8 Å². The minimum Gasteiger partial charge on any atom is -0.448 e. The minimum atomic E-state index is -1.01. The Morgan fingerprint density at radius 1 is 1.47 bits per heavy atom. The Kier molecular flexibility index (Phi) is 4.75. The molecule has 2 amide bonds. The number of nitro benzene ring substituents is 1. The van der Waals surface area contributed by atoms with E-state index < -0.39 is 34.0 Å². The Morgan fingerprint density at radius 3 is 2.74 bits per heavy atom. The molecule has 0 heterocycles. The van der Waals surface area contributed by atoms with E-state index in [0.29, 0.717) is 0 Å². The number of nitrogens with one attached hydrogen (secondary N) is 1. The van der Waals surface area contributed by atoms with E-state index in [1.807, 2.05) is 0 Å². The van der Waals surface area contributed by atoms with Gasteiger partial charge in [0.15, 0.2) is 0 Å². The summed E-state index contributed by atoms with van der Waals surface area (Å²) in [7, 11) is 0. The van der Waals surface area contributed by atoms with Gasteiger partial charge in [0, 0.05) is 6.07 Å². The fourth-order valence-corrected chi connectivity index (χ4v) is 1.26. The topological polar surface area (TPSA) is 125 Å². The normalized spacial score (nSPS) is 9.74. The molecular formula is C10H10FN3O5. The van der Waals surface area contributed by atoms with Crippen LogP contribution in [0.15, 0.2) is 18.2 Å². The molecule has 3 N–H and O–H groups in total. The molecule has 1 aromatic carbocycles. The molecule has 0 fully saturated rings. The molecule has 1 rings (SSSR count). The van der Waals surface area contributed by atoms with Crippen LogP contribution in [-0.4, -0.2) is 30.1 Å². The average Bonchev–Trinajstić information content (AvgIpc) is 2.33. The molecule has 0 atom stereocenters. The lowest BCUT2D eigenvalue weighted by atomic mass is 10.1. The van der Waals surface area contributed by atoms with Gasteiger partial charge in [-0.05, 0) is 12.1 Å². The zero-order valence-corrected chi connectivity index (χ0v) is 9.59. The van der Waals surface area contributed by atoms with E-state index in [-0.39, 0.29) is 13.2 Å². The van der Waals surface area contributed by atoms with Gasteiger partial charge in [-0.3, -0.25) is 14.9 Å². The smallest absolute Gasteiger partial charge is 0.404 e. The van der Waals surface area contributed by atoms with Crippen LogP contribution >= 0.6 is 0 Å². The van der Waals surface area contributed by atoms with Crippen molar-refractivity contribution < 1.29 is 23.6 Å². The fourth-order valence-electron chi connectivity index (χ4n) is 1.26. The number of nitrogens with zero attached hydrogens (tertiary/aromatic N) is 1. The van der Waals surface area contributed by atoms with E-state index in [1.54, 1.807) is 0 Å². The number of nitro groups is 1. The number of hydrogen-bond acceptors (Lipinski definition) is 5.